The van der Waals surface area contributed by atoms with Gasteiger partial charge in [-0.2, -0.15) is 0 Å². The normalized spacial score (nSPS) is 18.1. The van der Waals surface area contributed by atoms with Gasteiger partial charge in [0, 0.05) is 33.8 Å². The van der Waals surface area contributed by atoms with E-state index in [1.807, 2.05) is 38.1 Å². The minimum atomic E-state index is -0.450. The first-order valence-electron chi connectivity index (χ1n) is 11.1. The Morgan fingerprint density at radius 2 is 1.82 bits per heavy atom. The fourth-order valence-electron chi connectivity index (χ4n) is 4.75. The quantitative estimate of drug-likeness (QED) is 0.517. The van der Waals surface area contributed by atoms with Crippen LogP contribution in [0.1, 0.15) is 54.4 Å². The van der Waals surface area contributed by atoms with Crippen LogP contribution >= 0.6 is 15.9 Å². The molecular weight excluding hydrogens is 482 g/mol. The second kappa shape index (κ2) is 9.56. The number of ketones is 1. The maximum Gasteiger partial charge on any atom is 0.336 e. The Kier molecular flexibility index (Phi) is 6.75. The van der Waals surface area contributed by atoms with E-state index in [1.54, 1.807) is 0 Å². The molecule has 0 spiro atoms. The SMILES string of the molecule is COC(=O)C1=C(C)NC2=C(C(=O)CCC2)[C@@H]1c1cc(COc2ccc(Br)cc2)c(C)cc1C. The fourth-order valence-corrected chi connectivity index (χ4v) is 5.01. The number of rotatable bonds is 5. The number of carbonyl (C=O) groups is 2. The van der Waals surface area contributed by atoms with Crippen molar-refractivity contribution in [1.29, 1.82) is 0 Å². The number of ether oxygens (including phenoxy) is 2. The van der Waals surface area contributed by atoms with Crippen molar-refractivity contribution in [3.8, 4) is 5.75 Å². The molecule has 1 aliphatic heterocycles. The molecular formula is C27H28BrNO4. The zero-order chi connectivity index (χ0) is 23.7. The lowest BCUT2D eigenvalue weighted by Gasteiger charge is -2.35. The average molecular weight is 510 g/mol. The number of carbonyl (C=O) groups excluding carboxylic acids is 2. The van der Waals surface area contributed by atoms with Crippen LogP contribution in [0.25, 0.3) is 0 Å². The molecule has 0 aromatic heterocycles. The molecule has 2 aliphatic rings. The van der Waals surface area contributed by atoms with Gasteiger partial charge in [-0.15, -0.1) is 0 Å². The highest BCUT2D eigenvalue weighted by Gasteiger charge is 2.39. The zero-order valence-electron chi connectivity index (χ0n) is 19.4. The smallest absolute Gasteiger partial charge is 0.336 e. The van der Waals surface area contributed by atoms with Crippen molar-refractivity contribution in [2.24, 2.45) is 0 Å². The molecule has 4 rings (SSSR count). The minimum absolute atomic E-state index is 0.0929. The third-order valence-electron chi connectivity index (χ3n) is 6.42. The number of aryl methyl sites for hydroxylation is 2. The molecule has 0 radical (unpaired) electrons. The molecule has 0 bridgehead atoms. The van der Waals surface area contributed by atoms with Crippen LogP contribution in [-0.2, 0) is 20.9 Å². The molecule has 0 unspecified atom stereocenters. The van der Waals surface area contributed by atoms with Crippen LogP contribution in [-0.4, -0.2) is 18.9 Å². The first-order valence-corrected chi connectivity index (χ1v) is 11.9. The Hall–Kier alpha value is -2.86. The van der Waals surface area contributed by atoms with Gasteiger partial charge in [0.05, 0.1) is 12.7 Å². The topological polar surface area (TPSA) is 64.6 Å². The van der Waals surface area contributed by atoms with E-state index in [4.69, 9.17) is 9.47 Å². The largest absolute Gasteiger partial charge is 0.489 e. The second-order valence-corrected chi connectivity index (χ2v) is 9.55. The van der Waals surface area contributed by atoms with Crippen molar-refractivity contribution in [3.63, 3.8) is 0 Å². The summed E-state index contributed by atoms with van der Waals surface area (Å²) >= 11 is 3.44. The van der Waals surface area contributed by atoms with Crippen molar-refractivity contribution in [3.05, 3.63) is 85.7 Å². The van der Waals surface area contributed by atoms with Gasteiger partial charge in [0.1, 0.15) is 12.4 Å². The van der Waals surface area contributed by atoms with Gasteiger partial charge in [-0.05, 0) is 80.1 Å². The van der Waals surface area contributed by atoms with Crippen molar-refractivity contribution >= 4 is 27.7 Å². The molecule has 1 aliphatic carbocycles. The number of methoxy groups -OCH3 is 1. The molecule has 172 valence electrons. The maximum atomic E-state index is 13.1. The number of allylic oxidation sites excluding steroid dienone is 3. The van der Waals surface area contributed by atoms with Crippen molar-refractivity contribution < 1.29 is 19.1 Å². The summed E-state index contributed by atoms with van der Waals surface area (Å²) in [4.78, 5) is 25.9. The number of esters is 1. The predicted octanol–water partition coefficient (Wildman–Crippen LogP) is 5.79. The third-order valence-corrected chi connectivity index (χ3v) is 6.95. The minimum Gasteiger partial charge on any atom is -0.489 e. The molecule has 6 heteroatoms. The van der Waals surface area contributed by atoms with E-state index >= 15 is 0 Å². The van der Waals surface area contributed by atoms with Gasteiger partial charge in [-0.1, -0.05) is 28.1 Å². The number of hydrogen-bond donors (Lipinski definition) is 1. The Balaban J connectivity index is 1.78. The highest BCUT2D eigenvalue weighted by molar-refractivity contribution is 9.10. The monoisotopic (exact) mass is 509 g/mol. The van der Waals surface area contributed by atoms with Gasteiger partial charge in [-0.3, -0.25) is 4.79 Å². The third kappa shape index (κ3) is 4.62. The molecule has 1 atom stereocenters. The lowest BCUT2D eigenvalue weighted by atomic mass is 9.73. The van der Waals surface area contributed by atoms with Crippen molar-refractivity contribution in [2.45, 2.75) is 52.6 Å². The molecule has 5 nitrogen and oxygen atoms in total. The van der Waals surface area contributed by atoms with Gasteiger partial charge in [0.15, 0.2) is 5.78 Å². The summed E-state index contributed by atoms with van der Waals surface area (Å²) < 4.78 is 12.2. The average Bonchev–Trinajstić information content (AvgIpc) is 2.78. The number of Topliss-reactive ketones (excluding diaryl/α,β-unsaturated/α-hetero) is 1. The van der Waals surface area contributed by atoms with E-state index in [0.29, 0.717) is 24.2 Å². The van der Waals surface area contributed by atoms with Gasteiger partial charge < -0.3 is 14.8 Å². The molecule has 1 N–H and O–H groups in total. The Bertz CT molecular complexity index is 1180. The van der Waals surface area contributed by atoms with Gasteiger partial charge in [0.2, 0.25) is 0 Å². The molecule has 0 saturated carbocycles. The summed E-state index contributed by atoms with van der Waals surface area (Å²) in [6.07, 6.45) is 2.11. The van der Waals surface area contributed by atoms with E-state index in [9.17, 15) is 9.59 Å². The number of nitrogens with one attached hydrogen (secondary N) is 1. The Labute approximate surface area is 203 Å². The second-order valence-electron chi connectivity index (χ2n) is 8.64. The Morgan fingerprint density at radius 1 is 1.09 bits per heavy atom. The summed E-state index contributed by atoms with van der Waals surface area (Å²) in [5.41, 5.74) is 6.96. The summed E-state index contributed by atoms with van der Waals surface area (Å²) in [6.45, 7) is 6.35. The summed E-state index contributed by atoms with van der Waals surface area (Å²) in [6, 6.07) is 11.9. The molecule has 2 aromatic carbocycles. The zero-order valence-corrected chi connectivity index (χ0v) is 21.0. The first kappa shape index (κ1) is 23.3. The van der Waals surface area contributed by atoms with Crippen LogP contribution in [0.2, 0.25) is 0 Å². The standard InChI is InChI=1S/C27H28BrNO4/c1-15-12-16(2)21(13-18(15)14-33-20-10-8-19(28)9-11-20)25-24(27(31)32-4)17(3)29-22-6-5-7-23(30)26(22)25/h8-13,25,29H,5-7,14H2,1-4H3/t25-/m1/s1. The first-order chi connectivity index (χ1) is 15.8. The van der Waals surface area contributed by atoms with E-state index in [2.05, 4.69) is 40.3 Å². The van der Waals surface area contributed by atoms with Gasteiger partial charge in [0.25, 0.3) is 0 Å². The maximum absolute atomic E-state index is 13.1. The van der Waals surface area contributed by atoms with Crippen LogP contribution in [0.4, 0.5) is 0 Å². The van der Waals surface area contributed by atoms with Crippen LogP contribution < -0.4 is 10.1 Å². The Morgan fingerprint density at radius 3 is 2.52 bits per heavy atom. The van der Waals surface area contributed by atoms with Crippen LogP contribution in [0.5, 0.6) is 5.75 Å². The number of hydrogen-bond acceptors (Lipinski definition) is 5. The number of benzene rings is 2. The lowest BCUT2D eigenvalue weighted by molar-refractivity contribution is -0.136. The van der Waals surface area contributed by atoms with Crippen LogP contribution in [0.15, 0.2) is 63.4 Å². The van der Waals surface area contributed by atoms with Crippen LogP contribution in [0.3, 0.4) is 0 Å². The van der Waals surface area contributed by atoms with Crippen molar-refractivity contribution in [1.82, 2.24) is 5.32 Å². The van der Waals surface area contributed by atoms with Crippen molar-refractivity contribution in [2.75, 3.05) is 7.11 Å². The van der Waals surface area contributed by atoms with E-state index < -0.39 is 11.9 Å². The lowest BCUT2D eigenvalue weighted by Crippen LogP contribution is -2.34. The summed E-state index contributed by atoms with van der Waals surface area (Å²) in [5, 5.41) is 3.32. The highest BCUT2D eigenvalue weighted by Crippen LogP contribution is 2.44. The van der Waals surface area contributed by atoms with E-state index in [0.717, 1.165) is 56.7 Å². The van der Waals surface area contributed by atoms with E-state index in [1.165, 1.54) is 7.11 Å². The molecule has 0 saturated heterocycles. The van der Waals surface area contributed by atoms with Gasteiger partial charge >= 0.3 is 5.97 Å². The highest BCUT2D eigenvalue weighted by atomic mass is 79.9. The molecule has 2 aromatic rings. The predicted molar refractivity (Wildman–Crippen MR) is 131 cm³/mol. The molecule has 0 amide bonds. The molecule has 33 heavy (non-hydrogen) atoms. The molecule has 1 heterocycles. The van der Waals surface area contributed by atoms with Gasteiger partial charge in [-0.25, -0.2) is 4.79 Å². The fraction of sp³-hybridized carbons (Fsp3) is 0.333. The van der Waals surface area contributed by atoms with E-state index in [-0.39, 0.29) is 5.78 Å². The number of dihydropyridines is 1. The van der Waals surface area contributed by atoms with Crippen LogP contribution in [0, 0.1) is 13.8 Å². The molecule has 0 fully saturated rings. The number of halogens is 1. The summed E-state index contributed by atoms with van der Waals surface area (Å²) in [7, 11) is 1.38. The summed E-state index contributed by atoms with van der Waals surface area (Å²) in [5.74, 6) is 0.00594.